The van der Waals surface area contributed by atoms with Gasteiger partial charge in [-0.15, -0.1) is 11.8 Å². The van der Waals surface area contributed by atoms with Gasteiger partial charge in [-0.2, -0.15) is 0 Å². The molecule has 3 aromatic rings. The van der Waals surface area contributed by atoms with Gasteiger partial charge in [-0.1, -0.05) is 23.7 Å². The Bertz CT molecular complexity index is 838. The van der Waals surface area contributed by atoms with E-state index in [4.69, 9.17) is 21.1 Å². The Morgan fingerprint density at radius 2 is 1.93 bits per heavy atom. The number of methoxy groups -OCH3 is 2. The minimum atomic E-state index is 0.372. The van der Waals surface area contributed by atoms with Crippen molar-refractivity contribution in [2.24, 2.45) is 0 Å². The Morgan fingerprint density at radius 1 is 1.11 bits per heavy atom. The van der Waals surface area contributed by atoms with Crippen molar-refractivity contribution in [2.75, 3.05) is 14.2 Å². The van der Waals surface area contributed by atoms with Gasteiger partial charge in [0.15, 0.2) is 0 Å². The molecule has 0 radical (unpaired) electrons. The average Bonchev–Trinajstić information content (AvgIpc) is 3.20. The van der Waals surface area contributed by atoms with Crippen molar-refractivity contribution in [1.82, 2.24) is 9.55 Å². The van der Waals surface area contributed by atoms with E-state index in [9.17, 15) is 0 Å². The summed E-state index contributed by atoms with van der Waals surface area (Å²) in [5, 5.41) is 1.14. The largest absolute Gasteiger partial charge is 0.497 e. The summed E-state index contributed by atoms with van der Waals surface area (Å²) in [6.07, 6.45) is 7.69. The predicted octanol–water partition coefficient (Wildman–Crippen LogP) is 5.35. The van der Waals surface area contributed by atoms with E-state index in [-0.39, 0.29) is 0 Å². The summed E-state index contributed by atoms with van der Waals surface area (Å²) in [5.41, 5.74) is 1.29. The van der Waals surface area contributed by atoms with Gasteiger partial charge in [0, 0.05) is 40.2 Å². The van der Waals surface area contributed by atoms with E-state index in [0.717, 1.165) is 40.8 Å². The topological polar surface area (TPSA) is 36.3 Å². The lowest BCUT2D eigenvalue weighted by Crippen LogP contribution is -2.13. The molecule has 0 aliphatic carbocycles. The van der Waals surface area contributed by atoms with E-state index < -0.39 is 0 Å². The van der Waals surface area contributed by atoms with Crippen molar-refractivity contribution >= 4 is 23.4 Å². The Balaban J connectivity index is 1.74. The number of hydrogen-bond donors (Lipinski definition) is 0. The van der Waals surface area contributed by atoms with Crippen LogP contribution in [0.1, 0.15) is 12.0 Å². The third-order valence-corrected chi connectivity index (χ3v) is 5.87. The fraction of sp³-hybridized carbons (Fsp3) is 0.286. The maximum absolute atomic E-state index is 6.00. The van der Waals surface area contributed by atoms with Gasteiger partial charge >= 0.3 is 0 Å². The molecular weight excluding hydrogens is 380 g/mol. The van der Waals surface area contributed by atoms with Crippen LogP contribution >= 0.6 is 23.4 Å². The Kier molecular flexibility index (Phi) is 7.07. The van der Waals surface area contributed by atoms with Gasteiger partial charge in [0.25, 0.3) is 0 Å². The maximum atomic E-state index is 6.00. The summed E-state index contributed by atoms with van der Waals surface area (Å²) < 4.78 is 13.0. The van der Waals surface area contributed by atoms with Crippen LogP contribution in [-0.2, 0) is 13.0 Å². The lowest BCUT2D eigenvalue weighted by molar-refractivity contribution is 0.387. The monoisotopic (exact) mass is 402 g/mol. The molecule has 1 atom stereocenters. The molecule has 2 aromatic carbocycles. The normalized spacial score (nSPS) is 12.0. The number of halogens is 1. The lowest BCUT2D eigenvalue weighted by Gasteiger charge is -2.19. The number of ether oxygens (including phenoxy) is 2. The quantitative estimate of drug-likeness (QED) is 0.452. The van der Waals surface area contributed by atoms with Gasteiger partial charge in [-0.3, -0.25) is 0 Å². The average molecular weight is 403 g/mol. The molecule has 6 heteroatoms. The van der Waals surface area contributed by atoms with Gasteiger partial charge in [-0.25, -0.2) is 4.98 Å². The van der Waals surface area contributed by atoms with Crippen molar-refractivity contribution in [3.63, 3.8) is 0 Å². The minimum Gasteiger partial charge on any atom is -0.497 e. The highest BCUT2D eigenvalue weighted by atomic mass is 35.5. The SMILES string of the molecule is COc1ccc(SC(CCc2ccc(Cl)cc2)Cn2ccnc2)c(OC)c1. The number of aromatic nitrogens is 2. The molecule has 4 nitrogen and oxygen atoms in total. The van der Waals surface area contributed by atoms with Crippen LogP contribution in [0.15, 0.2) is 66.1 Å². The number of imidazole rings is 1. The number of thioether (sulfide) groups is 1. The standard InChI is InChI=1S/C21H23ClN2O2S/c1-25-18-8-10-21(20(13-18)26-2)27-19(14-24-12-11-23-15-24)9-5-16-3-6-17(22)7-4-16/h3-4,6-8,10-13,15,19H,5,9,14H2,1-2H3. The highest BCUT2D eigenvalue weighted by molar-refractivity contribution is 8.00. The molecule has 0 bridgehead atoms. The summed E-state index contributed by atoms with van der Waals surface area (Å²) in [5.74, 6) is 1.63. The zero-order valence-corrected chi connectivity index (χ0v) is 17.0. The Labute approximate surface area is 169 Å². The van der Waals surface area contributed by atoms with Gasteiger partial charge < -0.3 is 14.0 Å². The minimum absolute atomic E-state index is 0.372. The maximum Gasteiger partial charge on any atom is 0.136 e. The number of rotatable bonds is 9. The summed E-state index contributed by atoms with van der Waals surface area (Å²) in [7, 11) is 3.35. The molecule has 1 heterocycles. The molecule has 0 fully saturated rings. The second-order valence-corrected chi connectivity index (χ2v) is 7.96. The van der Waals surface area contributed by atoms with Gasteiger partial charge in [0.2, 0.25) is 0 Å². The van der Waals surface area contributed by atoms with E-state index in [1.54, 1.807) is 14.2 Å². The molecule has 27 heavy (non-hydrogen) atoms. The molecular formula is C21H23ClN2O2S. The Hall–Kier alpha value is -2.11. The predicted molar refractivity (Wildman–Crippen MR) is 111 cm³/mol. The van der Waals surface area contributed by atoms with Crippen molar-refractivity contribution in [2.45, 2.75) is 29.5 Å². The molecule has 142 valence electrons. The molecule has 1 unspecified atom stereocenters. The van der Waals surface area contributed by atoms with E-state index >= 15 is 0 Å². The summed E-state index contributed by atoms with van der Waals surface area (Å²) in [6.45, 7) is 0.882. The molecule has 0 N–H and O–H groups in total. The van der Waals surface area contributed by atoms with Crippen LogP contribution in [0, 0.1) is 0 Å². The van der Waals surface area contributed by atoms with Crippen molar-refractivity contribution in [3.05, 3.63) is 71.8 Å². The fourth-order valence-corrected chi connectivity index (χ4v) is 4.22. The molecule has 0 spiro atoms. The van der Waals surface area contributed by atoms with Crippen LogP contribution in [0.3, 0.4) is 0 Å². The van der Waals surface area contributed by atoms with E-state index in [2.05, 4.69) is 27.8 Å². The van der Waals surface area contributed by atoms with Crippen LogP contribution in [0.25, 0.3) is 0 Å². The molecule has 0 saturated carbocycles. The van der Waals surface area contributed by atoms with Crippen LogP contribution in [0.4, 0.5) is 0 Å². The van der Waals surface area contributed by atoms with Crippen LogP contribution < -0.4 is 9.47 Å². The van der Waals surface area contributed by atoms with Crippen LogP contribution in [0.5, 0.6) is 11.5 Å². The second kappa shape index (κ2) is 9.72. The molecule has 0 saturated heterocycles. The third-order valence-electron chi connectivity index (χ3n) is 4.31. The molecule has 3 rings (SSSR count). The first-order valence-corrected chi connectivity index (χ1v) is 10.0. The molecule has 1 aromatic heterocycles. The number of aryl methyl sites for hydroxylation is 1. The fourth-order valence-electron chi connectivity index (χ4n) is 2.85. The second-order valence-electron chi connectivity index (χ2n) is 6.18. The zero-order chi connectivity index (χ0) is 19.1. The first-order chi connectivity index (χ1) is 13.2. The molecule has 0 amide bonds. The van der Waals surface area contributed by atoms with Gasteiger partial charge in [0.1, 0.15) is 11.5 Å². The smallest absolute Gasteiger partial charge is 0.136 e. The summed E-state index contributed by atoms with van der Waals surface area (Å²) in [6, 6.07) is 14.0. The van der Waals surface area contributed by atoms with Crippen LogP contribution in [0.2, 0.25) is 5.02 Å². The van der Waals surface area contributed by atoms with Crippen molar-refractivity contribution in [3.8, 4) is 11.5 Å². The van der Waals surface area contributed by atoms with Gasteiger partial charge in [-0.05, 0) is 42.7 Å². The van der Waals surface area contributed by atoms with Crippen molar-refractivity contribution in [1.29, 1.82) is 0 Å². The van der Waals surface area contributed by atoms with E-state index in [1.165, 1.54) is 5.56 Å². The highest BCUT2D eigenvalue weighted by Crippen LogP contribution is 2.37. The summed E-state index contributed by atoms with van der Waals surface area (Å²) >= 11 is 7.82. The zero-order valence-electron chi connectivity index (χ0n) is 15.5. The number of hydrogen-bond acceptors (Lipinski definition) is 4. The van der Waals surface area contributed by atoms with E-state index in [1.807, 2.05) is 54.7 Å². The van der Waals surface area contributed by atoms with Crippen molar-refractivity contribution < 1.29 is 9.47 Å². The lowest BCUT2D eigenvalue weighted by atomic mass is 10.1. The van der Waals surface area contributed by atoms with E-state index in [0.29, 0.717) is 5.25 Å². The van der Waals surface area contributed by atoms with Crippen LogP contribution in [-0.4, -0.2) is 29.0 Å². The summed E-state index contributed by atoms with van der Waals surface area (Å²) in [4.78, 5) is 5.28. The molecule has 0 aliphatic heterocycles. The number of benzene rings is 2. The van der Waals surface area contributed by atoms with Gasteiger partial charge in [0.05, 0.1) is 20.5 Å². The first kappa shape index (κ1) is 19.6. The highest BCUT2D eigenvalue weighted by Gasteiger charge is 2.15. The Morgan fingerprint density at radius 3 is 2.59 bits per heavy atom. The molecule has 0 aliphatic rings. The first-order valence-electron chi connectivity index (χ1n) is 8.77. The third kappa shape index (κ3) is 5.68. The number of nitrogens with zero attached hydrogens (tertiary/aromatic N) is 2.